The normalized spacial score (nSPS) is 22.7. The lowest BCUT2D eigenvalue weighted by Gasteiger charge is -2.25. The van der Waals surface area contributed by atoms with Crippen LogP contribution in [0.4, 0.5) is 0 Å². The van der Waals surface area contributed by atoms with Crippen LogP contribution >= 0.6 is 0 Å². The molecule has 3 rings (SSSR count). The zero-order valence-electron chi connectivity index (χ0n) is 12.7. The predicted octanol–water partition coefficient (Wildman–Crippen LogP) is 4.09. The lowest BCUT2D eigenvalue weighted by Crippen LogP contribution is -2.19. The summed E-state index contributed by atoms with van der Waals surface area (Å²) in [6, 6.07) is 22.0. The summed E-state index contributed by atoms with van der Waals surface area (Å²) in [7, 11) is 0. The van der Waals surface area contributed by atoms with Gasteiger partial charge in [-0.25, -0.2) is 0 Å². The Morgan fingerprint density at radius 1 is 0.667 bits per heavy atom. The second-order valence-electron chi connectivity index (χ2n) is 6.23. The van der Waals surface area contributed by atoms with Gasteiger partial charge in [-0.15, -0.1) is 0 Å². The van der Waals surface area contributed by atoms with E-state index in [1.165, 1.54) is 49.9 Å². The lowest BCUT2D eigenvalue weighted by molar-refractivity contribution is 0.317. The van der Waals surface area contributed by atoms with Crippen molar-refractivity contribution in [3.05, 3.63) is 71.8 Å². The SMILES string of the molecule is c1ccc(C[C@H]2CCNCC[C@H]2Cc2ccccc2)cc1. The molecule has 0 spiro atoms. The van der Waals surface area contributed by atoms with Gasteiger partial charge in [0, 0.05) is 0 Å². The minimum absolute atomic E-state index is 0.794. The average molecular weight is 279 g/mol. The summed E-state index contributed by atoms with van der Waals surface area (Å²) in [5.41, 5.74) is 2.98. The molecule has 110 valence electrons. The van der Waals surface area contributed by atoms with Crippen LogP contribution in [0.5, 0.6) is 0 Å². The van der Waals surface area contributed by atoms with Gasteiger partial charge >= 0.3 is 0 Å². The van der Waals surface area contributed by atoms with Crippen LogP contribution < -0.4 is 5.32 Å². The fourth-order valence-electron chi connectivity index (χ4n) is 3.54. The molecule has 0 amide bonds. The van der Waals surface area contributed by atoms with E-state index in [2.05, 4.69) is 66.0 Å². The summed E-state index contributed by atoms with van der Waals surface area (Å²) >= 11 is 0. The highest BCUT2D eigenvalue weighted by molar-refractivity contribution is 5.18. The molecule has 0 bridgehead atoms. The van der Waals surface area contributed by atoms with Gasteiger partial charge in [-0.2, -0.15) is 0 Å². The molecule has 21 heavy (non-hydrogen) atoms. The molecule has 1 heterocycles. The van der Waals surface area contributed by atoms with Crippen molar-refractivity contribution < 1.29 is 0 Å². The highest BCUT2D eigenvalue weighted by atomic mass is 14.9. The van der Waals surface area contributed by atoms with Gasteiger partial charge in [0.15, 0.2) is 0 Å². The topological polar surface area (TPSA) is 12.0 Å². The molecule has 2 aromatic carbocycles. The molecule has 0 aliphatic carbocycles. The number of hydrogen-bond donors (Lipinski definition) is 1. The van der Waals surface area contributed by atoms with E-state index in [1.807, 2.05) is 0 Å². The van der Waals surface area contributed by atoms with Gasteiger partial charge in [0.1, 0.15) is 0 Å². The van der Waals surface area contributed by atoms with E-state index in [9.17, 15) is 0 Å². The van der Waals surface area contributed by atoms with Crippen LogP contribution in [0.1, 0.15) is 24.0 Å². The molecule has 0 unspecified atom stereocenters. The molecule has 2 atom stereocenters. The van der Waals surface area contributed by atoms with Crippen molar-refractivity contribution in [2.45, 2.75) is 25.7 Å². The first-order chi connectivity index (χ1) is 10.4. The van der Waals surface area contributed by atoms with Crippen LogP contribution in [-0.2, 0) is 12.8 Å². The Labute approximate surface area is 128 Å². The first-order valence-electron chi connectivity index (χ1n) is 8.20. The van der Waals surface area contributed by atoms with Crippen LogP contribution in [0.3, 0.4) is 0 Å². The van der Waals surface area contributed by atoms with Gasteiger partial charge in [-0.3, -0.25) is 0 Å². The van der Waals surface area contributed by atoms with Crippen LogP contribution in [0.15, 0.2) is 60.7 Å². The van der Waals surface area contributed by atoms with E-state index in [0.717, 1.165) is 11.8 Å². The summed E-state index contributed by atoms with van der Waals surface area (Å²) < 4.78 is 0. The van der Waals surface area contributed by atoms with Gasteiger partial charge in [0.2, 0.25) is 0 Å². The molecule has 1 heteroatoms. The second-order valence-corrected chi connectivity index (χ2v) is 6.23. The first kappa shape index (κ1) is 14.3. The van der Waals surface area contributed by atoms with Gasteiger partial charge in [-0.05, 0) is 61.7 Å². The highest BCUT2D eigenvalue weighted by Crippen LogP contribution is 2.28. The molecule has 1 aliphatic heterocycles. The molecule has 1 nitrogen and oxygen atoms in total. The zero-order chi connectivity index (χ0) is 14.3. The van der Waals surface area contributed by atoms with Gasteiger partial charge in [0.25, 0.3) is 0 Å². The van der Waals surface area contributed by atoms with Crippen LogP contribution in [0.25, 0.3) is 0 Å². The molecular weight excluding hydrogens is 254 g/mol. The third-order valence-corrected chi connectivity index (χ3v) is 4.73. The van der Waals surface area contributed by atoms with Gasteiger partial charge in [-0.1, -0.05) is 60.7 Å². The Morgan fingerprint density at radius 3 is 1.52 bits per heavy atom. The van der Waals surface area contributed by atoms with Crippen molar-refractivity contribution in [3.63, 3.8) is 0 Å². The van der Waals surface area contributed by atoms with Crippen LogP contribution in [0.2, 0.25) is 0 Å². The minimum atomic E-state index is 0.794. The summed E-state index contributed by atoms with van der Waals surface area (Å²) in [4.78, 5) is 0. The number of nitrogens with one attached hydrogen (secondary N) is 1. The van der Waals surface area contributed by atoms with E-state index in [0.29, 0.717) is 0 Å². The monoisotopic (exact) mass is 279 g/mol. The molecular formula is C20H25N. The summed E-state index contributed by atoms with van der Waals surface area (Å²) in [5.74, 6) is 1.59. The second kappa shape index (κ2) is 7.42. The number of benzene rings is 2. The van der Waals surface area contributed by atoms with Crippen molar-refractivity contribution in [2.24, 2.45) is 11.8 Å². The average Bonchev–Trinajstić information content (AvgIpc) is 2.75. The van der Waals surface area contributed by atoms with E-state index in [4.69, 9.17) is 0 Å². The molecule has 1 fully saturated rings. The van der Waals surface area contributed by atoms with Crippen molar-refractivity contribution >= 4 is 0 Å². The molecule has 2 aromatic rings. The quantitative estimate of drug-likeness (QED) is 0.889. The van der Waals surface area contributed by atoms with E-state index < -0.39 is 0 Å². The van der Waals surface area contributed by atoms with E-state index in [-0.39, 0.29) is 0 Å². The predicted molar refractivity (Wildman–Crippen MR) is 89.4 cm³/mol. The van der Waals surface area contributed by atoms with Gasteiger partial charge < -0.3 is 5.32 Å². The standard InChI is InChI=1S/C20H25N/c1-3-7-17(8-4-1)15-19-11-13-21-14-12-20(19)16-18-9-5-2-6-10-18/h1-10,19-21H,11-16H2/t19-,20+. The third kappa shape index (κ3) is 4.18. The Hall–Kier alpha value is -1.60. The molecule has 0 aromatic heterocycles. The minimum Gasteiger partial charge on any atom is -0.317 e. The van der Waals surface area contributed by atoms with Crippen molar-refractivity contribution in [2.75, 3.05) is 13.1 Å². The maximum atomic E-state index is 3.58. The molecule has 1 N–H and O–H groups in total. The molecule has 0 saturated carbocycles. The highest BCUT2D eigenvalue weighted by Gasteiger charge is 2.23. The summed E-state index contributed by atoms with van der Waals surface area (Å²) in [6.07, 6.45) is 5.04. The van der Waals surface area contributed by atoms with Gasteiger partial charge in [0.05, 0.1) is 0 Å². The number of rotatable bonds is 4. The smallest absolute Gasteiger partial charge is 0.00461 e. The third-order valence-electron chi connectivity index (χ3n) is 4.73. The van der Waals surface area contributed by atoms with Crippen LogP contribution in [-0.4, -0.2) is 13.1 Å². The molecule has 1 saturated heterocycles. The fraction of sp³-hybridized carbons (Fsp3) is 0.400. The fourth-order valence-corrected chi connectivity index (χ4v) is 3.54. The first-order valence-corrected chi connectivity index (χ1v) is 8.20. The summed E-state index contributed by atoms with van der Waals surface area (Å²) in [6.45, 7) is 2.34. The summed E-state index contributed by atoms with van der Waals surface area (Å²) in [5, 5.41) is 3.58. The van der Waals surface area contributed by atoms with Crippen molar-refractivity contribution in [1.29, 1.82) is 0 Å². The molecule has 1 aliphatic rings. The lowest BCUT2D eigenvalue weighted by atomic mass is 9.80. The zero-order valence-corrected chi connectivity index (χ0v) is 12.7. The Kier molecular flexibility index (Phi) is 5.07. The maximum Gasteiger partial charge on any atom is -0.00461 e. The Balaban J connectivity index is 1.71. The van der Waals surface area contributed by atoms with Crippen molar-refractivity contribution in [3.8, 4) is 0 Å². The van der Waals surface area contributed by atoms with E-state index in [1.54, 1.807) is 0 Å². The maximum absolute atomic E-state index is 3.58. The van der Waals surface area contributed by atoms with Crippen LogP contribution in [0, 0.1) is 11.8 Å². The Morgan fingerprint density at radius 2 is 1.10 bits per heavy atom. The van der Waals surface area contributed by atoms with Crippen molar-refractivity contribution in [1.82, 2.24) is 5.32 Å². The largest absolute Gasteiger partial charge is 0.317 e. The molecule has 0 radical (unpaired) electrons. The number of hydrogen-bond acceptors (Lipinski definition) is 1. The van der Waals surface area contributed by atoms with E-state index >= 15 is 0 Å². The Bertz CT molecular complexity index is 471.